The van der Waals surface area contributed by atoms with Crippen LogP contribution in [0.4, 0.5) is 0 Å². The number of hydrogen-bond acceptors (Lipinski definition) is 3. The molecule has 0 radical (unpaired) electrons. The molecular formula is H5BO3SrZr. The average Bonchev–Trinajstić information content (AvgIpc) is 0.811. The Morgan fingerprint density at radius 2 is 1.17 bits per heavy atom. The molecule has 3 N–H and O–H groups in total. The Balaban J connectivity index is -0.00000000750. The van der Waals surface area contributed by atoms with Crippen LogP contribution in [0.15, 0.2) is 0 Å². The fraction of sp³-hybridized carbons (Fsp3) is 0. The minimum absolute atomic E-state index is 0. The first-order chi connectivity index (χ1) is 1.73. The van der Waals surface area contributed by atoms with Crippen LogP contribution in [0.2, 0.25) is 0 Å². The second-order valence-corrected chi connectivity index (χ2v) is 0.346. The molecule has 0 aliphatic heterocycles. The summed E-state index contributed by atoms with van der Waals surface area (Å²) in [6.45, 7) is 0. The van der Waals surface area contributed by atoms with Gasteiger partial charge in [0, 0.05) is 26.2 Å². The van der Waals surface area contributed by atoms with E-state index < -0.39 is 7.32 Å². The van der Waals surface area contributed by atoms with Gasteiger partial charge in [0.15, 0.2) is 0 Å². The van der Waals surface area contributed by atoms with Crippen LogP contribution in [0.1, 0.15) is 2.85 Å². The van der Waals surface area contributed by atoms with Crippen molar-refractivity contribution in [3.63, 3.8) is 0 Å². The van der Waals surface area contributed by atoms with Crippen LogP contribution in [0, 0.1) is 0 Å². The molecule has 3 nitrogen and oxygen atoms in total. The number of rotatable bonds is 0. The van der Waals surface area contributed by atoms with E-state index in [1.165, 1.54) is 0 Å². The Labute approximate surface area is 95.3 Å². The van der Waals surface area contributed by atoms with Crippen molar-refractivity contribution in [2.24, 2.45) is 0 Å². The van der Waals surface area contributed by atoms with Crippen LogP contribution in [-0.4, -0.2) is 67.9 Å². The summed E-state index contributed by atoms with van der Waals surface area (Å²) in [5.41, 5.74) is 0. The predicted molar refractivity (Wildman–Crippen MR) is 20.4 cm³/mol. The monoisotopic (exact) mass is 242 g/mol. The van der Waals surface area contributed by atoms with Crippen LogP contribution in [0.3, 0.4) is 0 Å². The third kappa shape index (κ3) is 33.4. The Kier molecular flexibility index (Phi) is 27.1. The minimum atomic E-state index is -2.17. The van der Waals surface area contributed by atoms with Gasteiger partial charge in [-0.25, -0.2) is 0 Å². The molecule has 0 atom stereocenters. The van der Waals surface area contributed by atoms with E-state index in [1.807, 2.05) is 0 Å². The van der Waals surface area contributed by atoms with Crippen LogP contribution in [0.5, 0.6) is 0 Å². The SMILES string of the molecule is OB(O)O.[H-].[H-].[Sr+2].[Zr]. The first-order valence-electron chi connectivity index (χ1n) is 0.775. The van der Waals surface area contributed by atoms with Gasteiger partial charge in [0.05, 0.1) is 0 Å². The maximum Gasteiger partial charge on any atom is 2.00 e. The summed E-state index contributed by atoms with van der Waals surface area (Å²) in [5, 5.41) is 21.5. The normalized spacial score (nSPS) is 4.50. The zero-order valence-corrected chi connectivity index (χ0v) is 9.06. The molecule has 0 spiro atoms. The van der Waals surface area contributed by atoms with Crippen molar-refractivity contribution in [3.05, 3.63) is 0 Å². The molecule has 0 aliphatic rings. The van der Waals surface area contributed by atoms with E-state index in [0.717, 1.165) is 0 Å². The first-order valence-corrected chi connectivity index (χ1v) is 0.775. The summed E-state index contributed by atoms with van der Waals surface area (Å²) in [4.78, 5) is 0. The maximum atomic E-state index is 7.17. The van der Waals surface area contributed by atoms with Crippen LogP contribution >= 0.6 is 0 Å². The predicted octanol–water partition coefficient (Wildman–Crippen LogP) is -2.21. The zero-order chi connectivity index (χ0) is 3.58. The van der Waals surface area contributed by atoms with Gasteiger partial charge in [-0.15, -0.1) is 0 Å². The quantitative estimate of drug-likeness (QED) is 0.422. The molecule has 0 unspecified atom stereocenters. The Morgan fingerprint density at radius 3 is 1.17 bits per heavy atom. The van der Waals surface area contributed by atoms with E-state index in [9.17, 15) is 0 Å². The molecule has 0 fully saturated rings. The van der Waals surface area contributed by atoms with Gasteiger partial charge < -0.3 is 17.9 Å². The van der Waals surface area contributed by atoms with E-state index in [-0.39, 0.29) is 74.5 Å². The minimum Gasteiger partial charge on any atom is -1.00 e. The second-order valence-electron chi connectivity index (χ2n) is 0.346. The van der Waals surface area contributed by atoms with Gasteiger partial charge in [0.2, 0.25) is 0 Å². The first kappa shape index (κ1) is 15.7. The molecule has 0 amide bonds. The van der Waals surface area contributed by atoms with E-state index in [4.69, 9.17) is 15.1 Å². The number of hydrogen-bond donors (Lipinski definition) is 3. The van der Waals surface area contributed by atoms with Gasteiger partial charge in [-0.1, -0.05) is 0 Å². The largest absolute Gasteiger partial charge is 2.00 e. The Hall–Kier alpha value is 2.31. The molecule has 0 saturated heterocycles. The van der Waals surface area contributed by atoms with E-state index >= 15 is 0 Å². The van der Waals surface area contributed by atoms with Crippen molar-refractivity contribution < 1.29 is 44.1 Å². The molecule has 0 aromatic carbocycles. The van der Waals surface area contributed by atoms with E-state index in [1.54, 1.807) is 0 Å². The molecule has 6 heavy (non-hydrogen) atoms. The summed E-state index contributed by atoms with van der Waals surface area (Å²) >= 11 is 0. The van der Waals surface area contributed by atoms with Gasteiger partial charge in [-0.05, 0) is 0 Å². The molecule has 0 aromatic rings. The summed E-state index contributed by atoms with van der Waals surface area (Å²) in [6.07, 6.45) is 0. The van der Waals surface area contributed by atoms with Crippen molar-refractivity contribution in [3.8, 4) is 0 Å². The molecule has 0 rings (SSSR count). The van der Waals surface area contributed by atoms with Gasteiger partial charge >= 0.3 is 52.8 Å². The van der Waals surface area contributed by atoms with Crippen molar-refractivity contribution in [2.75, 3.05) is 0 Å². The fourth-order valence-electron chi connectivity index (χ4n) is 0. The molecule has 0 saturated carbocycles. The van der Waals surface area contributed by atoms with Crippen molar-refractivity contribution in [1.82, 2.24) is 0 Å². The van der Waals surface area contributed by atoms with Gasteiger partial charge in [0.25, 0.3) is 0 Å². The van der Waals surface area contributed by atoms with Crippen LogP contribution < -0.4 is 0 Å². The molecular weight excluding hydrogens is 238 g/mol. The molecule has 0 aliphatic carbocycles. The molecule has 0 aromatic heterocycles. The summed E-state index contributed by atoms with van der Waals surface area (Å²) < 4.78 is 0. The molecule has 0 heterocycles. The van der Waals surface area contributed by atoms with Crippen LogP contribution in [-0.2, 0) is 26.2 Å². The summed E-state index contributed by atoms with van der Waals surface area (Å²) in [7, 11) is -2.17. The fourth-order valence-corrected chi connectivity index (χ4v) is 0. The molecule has 6 heteroatoms. The van der Waals surface area contributed by atoms with Crippen LogP contribution in [0.25, 0.3) is 0 Å². The zero-order valence-electron chi connectivity index (χ0n) is 5.13. The Bertz CT molecular complexity index is 22.0. The molecule has 32 valence electrons. The summed E-state index contributed by atoms with van der Waals surface area (Å²) in [6, 6.07) is 0. The van der Waals surface area contributed by atoms with E-state index in [2.05, 4.69) is 0 Å². The van der Waals surface area contributed by atoms with Gasteiger partial charge in [-0.3, -0.25) is 0 Å². The van der Waals surface area contributed by atoms with Crippen molar-refractivity contribution >= 4 is 52.8 Å². The molecule has 0 bridgehead atoms. The van der Waals surface area contributed by atoms with Gasteiger partial charge in [0.1, 0.15) is 0 Å². The summed E-state index contributed by atoms with van der Waals surface area (Å²) in [5.74, 6) is 0. The standard InChI is InChI=1S/BH3O3.Sr.Zr.2H/c2-1(3)4;;;;/h2-4H;;;;/q;+2;;2*-1. The van der Waals surface area contributed by atoms with Crippen molar-refractivity contribution in [2.45, 2.75) is 0 Å². The maximum absolute atomic E-state index is 7.17. The smallest absolute Gasteiger partial charge is 1.00 e. The Morgan fingerprint density at radius 1 is 1.17 bits per heavy atom. The van der Waals surface area contributed by atoms with Crippen molar-refractivity contribution in [1.29, 1.82) is 0 Å². The average molecular weight is 243 g/mol. The second kappa shape index (κ2) is 10.3. The topological polar surface area (TPSA) is 60.7 Å². The van der Waals surface area contributed by atoms with E-state index in [0.29, 0.717) is 0 Å². The third-order valence-corrected chi connectivity index (χ3v) is 0. The third-order valence-electron chi connectivity index (χ3n) is 0. The van der Waals surface area contributed by atoms with Gasteiger partial charge in [-0.2, -0.15) is 0 Å².